The van der Waals surface area contributed by atoms with Crippen molar-refractivity contribution in [2.45, 2.75) is 11.4 Å². The smallest absolute Gasteiger partial charge is 0.238 e. The minimum atomic E-state index is -0.0138. The summed E-state index contributed by atoms with van der Waals surface area (Å²) in [4.78, 5) is 19.9. The fourth-order valence-corrected chi connectivity index (χ4v) is 4.06. The number of aromatic nitrogens is 1. The van der Waals surface area contributed by atoms with Gasteiger partial charge in [0.15, 0.2) is 0 Å². The van der Waals surface area contributed by atoms with Crippen LogP contribution in [0.1, 0.15) is 5.01 Å². The molecule has 0 fully saturated rings. The number of carbonyl (C=O) groups is 1. The maximum Gasteiger partial charge on any atom is 0.238 e. The van der Waals surface area contributed by atoms with Gasteiger partial charge in [-0.1, -0.05) is 24.3 Å². The van der Waals surface area contributed by atoms with Crippen LogP contribution < -0.4 is 5.32 Å². The average Bonchev–Trinajstić information content (AvgIpc) is 2.97. The van der Waals surface area contributed by atoms with Gasteiger partial charge in [0.05, 0.1) is 29.0 Å². The number of thiazole rings is 1. The maximum absolute atomic E-state index is 12.3. The highest BCUT2D eigenvalue weighted by Gasteiger charge is 2.11. The number of hydrogen-bond acceptors (Lipinski definition) is 5. The van der Waals surface area contributed by atoms with Gasteiger partial charge in [-0.3, -0.25) is 9.69 Å². The van der Waals surface area contributed by atoms with Crippen LogP contribution in [0.2, 0.25) is 0 Å². The van der Waals surface area contributed by atoms with Gasteiger partial charge in [0, 0.05) is 4.90 Å². The molecule has 3 aromatic rings. The standard InChI is InChI=1S/C18H19N3OS2/c1-21(12-18-20-14-8-4-6-10-16(14)24-18)11-17(22)19-13-7-3-5-9-15(13)23-2/h3-10H,11-12H2,1-2H3,(H,19,22). The quantitative estimate of drug-likeness (QED) is 0.675. The van der Waals surface area contributed by atoms with Crippen LogP contribution in [0.25, 0.3) is 10.2 Å². The number of para-hydroxylation sites is 2. The monoisotopic (exact) mass is 357 g/mol. The van der Waals surface area contributed by atoms with Gasteiger partial charge in [-0.25, -0.2) is 4.98 Å². The van der Waals surface area contributed by atoms with Crippen molar-refractivity contribution >= 4 is 44.9 Å². The van der Waals surface area contributed by atoms with Gasteiger partial charge >= 0.3 is 0 Å². The van der Waals surface area contributed by atoms with Gasteiger partial charge < -0.3 is 5.32 Å². The lowest BCUT2D eigenvalue weighted by atomic mass is 10.3. The third-order valence-electron chi connectivity index (χ3n) is 3.54. The minimum absolute atomic E-state index is 0.0138. The molecule has 1 heterocycles. The second-order valence-corrected chi connectivity index (χ2v) is 7.46. The van der Waals surface area contributed by atoms with E-state index >= 15 is 0 Å². The number of rotatable bonds is 6. The number of fused-ring (bicyclic) bond motifs is 1. The molecule has 1 N–H and O–H groups in total. The second-order valence-electron chi connectivity index (χ2n) is 5.50. The summed E-state index contributed by atoms with van der Waals surface area (Å²) in [6, 6.07) is 15.9. The van der Waals surface area contributed by atoms with Gasteiger partial charge in [-0.2, -0.15) is 0 Å². The Morgan fingerprint density at radius 2 is 1.96 bits per heavy atom. The number of likely N-dealkylation sites (N-methyl/N-ethyl adjacent to an activating group) is 1. The van der Waals surface area contributed by atoms with Crippen LogP contribution >= 0.6 is 23.1 Å². The molecule has 0 aliphatic heterocycles. The van der Waals surface area contributed by atoms with E-state index in [1.54, 1.807) is 23.1 Å². The molecule has 0 atom stereocenters. The van der Waals surface area contributed by atoms with Crippen molar-refractivity contribution in [1.82, 2.24) is 9.88 Å². The summed E-state index contributed by atoms with van der Waals surface area (Å²) in [5.41, 5.74) is 1.88. The van der Waals surface area contributed by atoms with Crippen molar-refractivity contribution in [2.75, 3.05) is 25.2 Å². The molecule has 3 rings (SSSR count). The van der Waals surface area contributed by atoms with Crippen LogP contribution in [0, 0.1) is 0 Å². The number of amides is 1. The van der Waals surface area contributed by atoms with Crippen molar-refractivity contribution in [3.8, 4) is 0 Å². The molecule has 124 valence electrons. The lowest BCUT2D eigenvalue weighted by Crippen LogP contribution is -2.29. The fraction of sp³-hybridized carbons (Fsp3) is 0.222. The lowest BCUT2D eigenvalue weighted by molar-refractivity contribution is -0.117. The van der Waals surface area contributed by atoms with Crippen LogP contribution in [-0.4, -0.2) is 35.6 Å². The van der Waals surface area contributed by atoms with Gasteiger partial charge in [0.25, 0.3) is 0 Å². The van der Waals surface area contributed by atoms with E-state index in [0.29, 0.717) is 13.1 Å². The molecule has 0 aliphatic rings. The van der Waals surface area contributed by atoms with E-state index in [4.69, 9.17) is 0 Å². The third-order valence-corrected chi connectivity index (χ3v) is 5.35. The molecular weight excluding hydrogens is 338 g/mol. The van der Waals surface area contributed by atoms with Crippen molar-refractivity contribution in [3.05, 3.63) is 53.5 Å². The first-order valence-corrected chi connectivity index (χ1v) is 9.65. The van der Waals surface area contributed by atoms with Crippen LogP contribution in [0.15, 0.2) is 53.4 Å². The van der Waals surface area contributed by atoms with E-state index < -0.39 is 0 Å². The summed E-state index contributed by atoms with van der Waals surface area (Å²) < 4.78 is 1.18. The first-order chi connectivity index (χ1) is 11.7. The zero-order chi connectivity index (χ0) is 16.9. The third kappa shape index (κ3) is 4.14. The highest BCUT2D eigenvalue weighted by molar-refractivity contribution is 7.98. The molecule has 0 spiro atoms. The topological polar surface area (TPSA) is 45.2 Å². The summed E-state index contributed by atoms with van der Waals surface area (Å²) in [7, 11) is 1.94. The van der Waals surface area contributed by atoms with Gasteiger partial charge in [-0.15, -0.1) is 23.1 Å². The number of thioether (sulfide) groups is 1. The van der Waals surface area contributed by atoms with Crippen molar-refractivity contribution in [2.24, 2.45) is 0 Å². The molecule has 2 aromatic carbocycles. The Morgan fingerprint density at radius 3 is 2.75 bits per heavy atom. The van der Waals surface area contributed by atoms with Gasteiger partial charge in [-0.05, 0) is 37.6 Å². The number of benzene rings is 2. The van der Waals surface area contributed by atoms with E-state index in [1.165, 1.54) is 4.70 Å². The number of carbonyl (C=O) groups excluding carboxylic acids is 1. The Balaban J connectivity index is 1.59. The normalized spacial score (nSPS) is 11.1. The van der Waals surface area contributed by atoms with E-state index in [9.17, 15) is 4.79 Å². The predicted molar refractivity (Wildman–Crippen MR) is 103 cm³/mol. The molecule has 1 aromatic heterocycles. The van der Waals surface area contributed by atoms with Crippen LogP contribution in [0.5, 0.6) is 0 Å². The molecular formula is C18H19N3OS2. The summed E-state index contributed by atoms with van der Waals surface area (Å²) in [6.07, 6.45) is 2.00. The Morgan fingerprint density at radius 1 is 1.21 bits per heavy atom. The minimum Gasteiger partial charge on any atom is -0.324 e. The molecule has 0 bridgehead atoms. The number of hydrogen-bond donors (Lipinski definition) is 1. The van der Waals surface area contributed by atoms with Gasteiger partial charge in [0.1, 0.15) is 5.01 Å². The van der Waals surface area contributed by atoms with Gasteiger partial charge in [0.2, 0.25) is 5.91 Å². The maximum atomic E-state index is 12.3. The summed E-state index contributed by atoms with van der Waals surface area (Å²) in [6.45, 7) is 0.996. The predicted octanol–water partition coefficient (Wildman–Crippen LogP) is 4.09. The average molecular weight is 358 g/mol. The van der Waals surface area contributed by atoms with E-state index in [2.05, 4.69) is 16.4 Å². The first kappa shape index (κ1) is 17.0. The Bertz CT molecular complexity index is 814. The van der Waals surface area contributed by atoms with Crippen LogP contribution in [-0.2, 0) is 11.3 Å². The molecule has 0 saturated carbocycles. The van der Waals surface area contributed by atoms with Crippen molar-refractivity contribution in [1.29, 1.82) is 0 Å². The Kier molecular flexibility index (Phi) is 5.50. The molecule has 0 aliphatic carbocycles. The molecule has 1 amide bonds. The molecule has 6 heteroatoms. The van der Waals surface area contributed by atoms with Crippen LogP contribution in [0.3, 0.4) is 0 Å². The Labute approximate surface area is 149 Å². The zero-order valence-electron chi connectivity index (χ0n) is 13.7. The number of anilines is 1. The first-order valence-electron chi connectivity index (χ1n) is 7.61. The molecule has 0 unspecified atom stereocenters. The van der Waals surface area contributed by atoms with Crippen molar-refractivity contribution in [3.63, 3.8) is 0 Å². The number of nitrogens with one attached hydrogen (secondary N) is 1. The SMILES string of the molecule is CSc1ccccc1NC(=O)CN(C)Cc1nc2ccccc2s1. The largest absolute Gasteiger partial charge is 0.324 e. The van der Waals surface area contributed by atoms with E-state index in [1.807, 2.05) is 60.7 Å². The summed E-state index contributed by atoms with van der Waals surface area (Å²) >= 11 is 3.30. The molecule has 24 heavy (non-hydrogen) atoms. The zero-order valence-corrected chi connectivity index (χ0v) is 15.3. The highest BCUT2D eigenvalue weighted by Crippen LogP contribution is 2.25. The summed E-state index contributed by atoms with van der Waals surface area (Å²) in [5, 5.41) is 4.01. The lowest BCUT2D eigenvalue weighted by Gasteiger charge is -2.15. The Hall–Kier alpha value is -1.89. The van der Waals surface area contributed by atoms with Crippen LogP contribution in [0.4, 0.5) is 5.69 Å². The van der Waals surface area contributed by atoms with E-state index in [-0.39, 0.29) is 5.91 Å². The molecule has 0 saturated heterocycles. The molecule has 0 radical (unpaired) electrons. The van der Waals surface area contributed by atoms with Crippen molar-refractivity contribution < 1.29 is 4.79 Å². The summed E-state index contributed by atoms with van der Waals surface area (Å²) in [5.74, 6) is -0.0138. The molecule has 4 nitrogen and oxygen atoms in total. The second kappa shape index (κ2) is 7.79. The van der Waals surface area contributed by atoms with E-state index in [0.717, 1.165) is 21.1 Å². The fourth-order valence-electron chi connectivity index (χ4n) is 2.46. The highest BCUT2D eigenvalue weighted by atomic mass is 32.2. The number of nitrogens with zero attached hydrogens (tertiary/aromatic N) is 2.